The normalized spacial score (nSPS) is 11.7. The maximum Gasteiger partial charge on any atom is 0.217 e. The summed E-state index contributed by atoms with van der Waals surface area (Å²) >= 11 is 0. The zero-order valence-corrected chi connectivity index (χ0v) is 16.7. The van der Waals surface area contributed by atoms with E-state index in [1.54, 1.807) is 44.7 Å². The summed E-state index contributed by atoms with van der Waals surface area (Å²) in [6.07, 6.45) is 1.46. The van der Waals surface area contributed by atoms with Gasteiger partial charge in [0.25, 0.3) is 0 Å². The highest BCUT2D eigenvalue weighted by atomic mass is 16.5. The lowest BCUT2D eigenvalue weighted by atomic mass is 10.2. The first-order valence-electron chi connectivity index (χ1n) is 9.16. The molecule has 3 rings (SSSR count). The highest BCUT2D eigenvalue weighted by Gasteiger charge is 2.10. The van der Waals surface area contributed by atoms with Crippen LogP contribution >= 0.6 is 0 Å². The fraction of sp³-hybridized carbons (Fsp3) is 0.273. The third kappa shape index (κ3) is 5.83. The van der Waals surface area contributed by atoms with Crippen molar-refractivity contribution >= 4 is 0 Å². The monoisotopic (exact) mass is 396 g/mol. The first kappa shape index (κ1) is 20.4. The molecule has 152 valence electrons. The van der Waals surface area contributed by atoms with Crippen LogP contribution in [0.5, 0.6) is 23.1 Å². The smallest absolute Gasteiger partial charge is 0.217 e. The quantitative estimate of drug-likeness (QED) is 0.588. The summed E-state index contributed by atoms with van der Waals surface area (Å²) < 4.78 is 21.8. The number of benzene rings is 2. The van der Waals surface area contributed by atoms with Gasteiger partial charge in [0.15, 0.2) is 5.82 Å². The standard InChI is InChI=1S/C22H24N2O5/c1-15(13-26-2)29-20-11-17(10-18(25)12-20)22-23-9-8-21(24-22)28-14-16-4-6-19(27-3)7-5-16/h4-12,15,25H,13-14H2,1-3H3/t15-/m0/s1. The van der Waals surface area contributed by atoms with Crippen molar-refractivity contribution in [3.8, 4) is 34.5 Å². The van der Waals surface area contributed by atoms with Gasteiger partial charge in [0, 0.05) is 31.0 Å². The van der Waals surface area contributed by atoms with Crippen molar-refractivity contribution in [2.24, 2.45) is 0 Å². The molecule has 0 spiro atoms. The van der Waals surface area contributed by atoms with Crippen molar-refractivity contribution in [2.75, 3.05) is 20.8 Å². The molecule has 7 nitrogen and oxygen atoms in total. The lowest BCUT2D eigenvalue weighted by Gasteiger charge is -2.15. The molecule has 1 heterocycles. The number of phenols is 1. The molecule has 0 amide bonds. The number of aromatic hydroxyl groups is 1. The molecule has 3 aromatic rings. The summed E-state index contributed by atoms with van der Waals surface area (Å²) in [5.74, 6) is 2.23. The number of hydrogen-bond donors (Lipinski definition) is 1. The van der Waals surface area contributed by atoms with E-state index >= 15 is 0 Å². The van der Waals surface area contributed by atoms with Crippen molar-refractivity contribution in [3.63, 3.8) is 0 Å². The Bertz CT molecular complexity index is 931. The lowest BCUT2D eigenvalue weighted by molar-refractivity contribution is 0.0919. The Morgan fingerprint density at radius 1 is 1.00 bits per heavy atom. The molecule has 7 heteroatoms. The molecule has 2 aromatic carbocycles. The molecule has 0 saturated heterocycles. The van der Waals surface area contributed by atoms with Gasteiger partial charge < -0.3 is 24.1 Å². The molecule has 0 aliphatic rings. The second-order valence-electron chi connectivity index (χ2n) is 6.45. The van der Waals surface area contributed by atoms with Gasteiger partial charge in [0.2, 0.25) is 5.88 Å². The zero-order chi connectivity index (χ0) is 20.6. The molecule has 0 fully saturated rings. The van der Waals surface area contributed by atoms with Gasteiger partial charge in [-0.3, -0.25) is 0 Å². The number of hydrogen-bond acceptors (Lipinski definition) is 7. The van der Waals surface area contributed by atoms with Crippen LogP contribution < -0.4 is 14.2 Å². The molecule has 0 aliphatic carbocycles. The van der Waals surface area contributed by atoms with E-state index in [1.165, 1.54) is 0 Å². The van der Waals surface area contributed by atoms with Crippen LogP contribution in [0.2, 0.25) is 0 Å². The van der Waals surface area contributed by atoms with Gasteiger partial charge in [-0.2, -0.15) is 4.98 Å². The number of ether oxygens (including phenoxy) is 4. The van der Waals surface area contributed by atoms with Crippen molar-refractivity contribution < 1.29 is 24.1 Å². The molecule has 0 saturated carbocycles. The van der Waals surface area contributed by atoms with Crippen molar-refractivity contribution in [1.82, 2.24) is 9.97 Å². The van der Waals surface area contributed by atoms with E-state index in [9.17, 15) is 5.11 Å². The second-order valence-corrected chi connectivity index (χ2v) is 6.45. The summed E-state index contributed by atoms with van der Waals surface area (Å²) in [5.41, 5.74) is 1.62. The zero-order valence-electron chi connectivity index (χ0n) is 16.7. The molecular weight excluding hydrogens is 372 g/mol. The van der Waals surface area contributed by atoms with E-state index in [4.69, 9.17) is 18.9 Å². The first-order valence-corrected chi connectivity index (χ1v) is 9.16. The fourth-order valence-corrected chi connectivity index (χ4v) is 2.72. The third-order valence-electron chi connectivity index (χ3n) is 4.06. The van der Waals surface area contributed by atoms with E-state index in [0.29, 0.717) is 36.2 Å². The molecule has 0 unspecified atom stereocenters. The molecule has 0 bridgehead atoms. The predicted molar refractivity (Wildman–Crippen MR) is 108 cm³/mol. The Kier molecular flexibility index (Phi) is 6.86. The number of nitrogens with zero attached hydrogens (tertiary/aromatic N) is 2. The van der Waals surface area contributed by atoms with E-state index < -0.39 is 0 Å². The lowest BCUT2D eigenvalue weighted by Crippen LogP contribution is -2.17. The maximum atomic E-state index is 10.1. The number of phenolic OH excluding ortho intramolecular Hbond substituents is 1. The van der Waals surface area contributed by atoms with Gasteiger partial charge in [-0.05, 0) is 36.8 Å². The van der Waals surface area contributed by atoms with Crippen LogP contribution in [0.25, 0.3) is 11.4 Å². The molecule has 0 aliphatic heterocycles. The maximum absolute atomic E-state index is 10.1. The minimum atomic E-state index is -0.158. The van der Waals surface area contributed by atoms with Crippen LogP contribution in [-0.2, 0) is 11.3 Å². The molecule has 29 heavy (non-hydrogen) atoms. The molecule has 1 N–H and O–H groups in total. The van der Waals surface area contributed by atoms with Gasteiger partial charge in [0.05, 0.1) is 13.7 Å². The van der Waals surface area contributed by atoms with Crippen LogP contribution in [-0.4, -0.2) is 42.0 Å². The Labute approximate surface area is 169 Å². The summed E-state index contributed by atoms with van der Waals surface area (Å²) in [4.78, 5) is 8.73. The van der Waals surface area contributed by atoms with Crippen molar-refractivity contribution in [3.05, 3.63) is 60.3 Å². The van der Waals surface area contributed by atoms with Gasteiger partial charge in [0.1, 0.15) is 30.0 Å². The number of rotatable bonds is 9. The Balaban J connectivity index is 1.73. The Morgan fingerprint density at radius 3 is 2.52 bits per heavy atom. The number of methoxy groups -OCH3 is 2. The van der Waals surface area contributed by atoms with Crippen molar-refractivity contribution in [1.29, 1.82) is 0 Å². The topological polar surface area (TPSA) is 82.9 Å². The van der Waals surface area contributed by atoms with Crippen LogP contribution in [0.4, 0.5) is 0 Å². The SMILES string of the molecule is COC[C@H](C)Oc1cc(O)cc(-c2nccc(OCc3ccc(OC)cc3)n2)c1. The Morgan fingerprint density at radius 2 is 1.79 bits per heavy atom. The van der Waals surface area contributed by atoms with E-state index in [1.807, 2.05) is 31.2 Å². The highest BCUT2D eigenvalue weighted by Crippen LogP contribution is 2.28. The predicted octanol–water partition coefficient (Wildman–Crippen LogP) is 3.85. The highest BCUT2D eigenvalue weighted by molar-refractivity contribution is 5.60. The third-order valence-corrected chi connectivity index (χ3v) is 4.06. The van der Waals surface area contributed by atoms with E-state index in [2.05, 4.69) is 9.97 Å². The molecule has 1 aromatic heterocycles. The van der Waals surface area contributed by atoms with Crippen LogP contribution in [0.15, 0.2) is 54.7 Å². The van der Waals surface area contributed by atoms with Gasteiger partial charge in [-0.1, -0.05) is 12.1 Å². The minimum Gasteiger partial charge on any atom is -0.508 e. The summed E-state index contributed by atoms with van der Waals surface area (Å²) in [7, 11) is 3.24. The van der Waals surface area contributed by atoms with Gasteiger partial charge in [-0.15, -0.1) is 0 Å². The minimum absolute atomic E-state index is 0.0651. The average molecular weight is 396 g/mol. The van der Waals surface area contributed by atoms with Gasteiger partial charge in [-0.25, -0.2) is 4.98 Å². The van der Waals surface area contributed by atoms with Crippen molar-refractivity contribution in [2.45, 2.75) is 19.6 Å². The second kappa shape index (κ2) is 9.75. The van der Waals surface area contributed by atoms with Gasteiger partial charge >= 0.3 is 0 Å². The summed E-state index contributed by atoms with van der Waals surface area (Å²) in [6, 6.07) is 14.2. The van der Waals surface area contributed by atoms with Crippen LogP contribution in [0.1, 0.15) is 12.5 Å². The van der Waals surface area contributed by atoms with Crippen LogP contribution in [0, 0.1) is 0 Å². The fourth-order valence-electron chi connectivity index (χ4n) is 2.72. The average Bonchev–Trinajstić information content (AvgIpc) is 2.72. The summed E-state index contributed by atoms with van der Waals surface area (Å²) in [5, 5.41) is 10.1. The molecule has 1 atom stereocenters. The molecular formula is C22H24N2O5. The van der Waals surface area contributed by atoms with E-state index in [0.717, 1.165) is 11.3 Å². The molecule has 0 radical (unpaired) electrons. The largest absolute Gasteiger partial charge is 0.508 e. The van der Waals surface area contributed by atoms with Crippen LogP contribution in [0.3, 0.4) is 0 Å². The number of aromatic nitrogens is 2. The Hall–Kier alpha value is -3.32. The summed E-state index contributed by atoms with van der Waals surface area (Å²) in [6.45, 7) is 2.69. The van der Waals surface area contributed by atoms with E-state index in [-0.39, 0.29) is 11.9 Å². The first-order chi connectivity index (χ1) is 14.1.